The Balaban J connectivity index is 1.67. The SMILES string of the molecule is O=C(c1ccc(F)cc1Br)N1CCC2(CCCCC2)CC1. The average molecular weight is 354 g/mol. The van der Waals surface area contributed by atoms with E-state index in [4.69, 9.17) is 0 Å². The Labute approximate surface area is 133 Å². The highest BCUT2D eigenvalue weighted by molar-refractivity contribution is 9.10. The molecule has 1 aliphatic heterocycles. The van der Waals surface area contributed by atoms with Crippen LogP contribution in [0.15, 0.2) is 22.7 Å². The second-order valence-electron chi connectivity index (χ2n) is 6.48. The van der Waals surface area contributed by atoms with Crippen molar-refractivity contribution in [1.29, 1.82) is 0 Å². The zero-order valence-corrected chi connectivity index (χ0v) is 13.8. The minimum Gasteiger partial charge on any atom is -0.339 e. The number of piperidine rings is 1. The quantitative estimate of drug-likeness (QED) is 0.711. The van der Waals surface area contributed by atoms with Gasteiger partial charge in [0.05, 0.1) is 5.56 Å². The Kier molecular flexibility index (Phi) is 4.34. The Morgan fingerprint density at radius 1 is 1.10 bits per heavy atom. The van der Waals surface area contributed by atoms with Gasteiger partial charge in [-0.1, -0.05) is 19.3 Å². The first-order valence-electron chi connectivity index (χ1n) is 7.84. The van der Waals surface area contributed by atoms with E-state index in [1.807, 2.05) is 4.90 Å². The minimum absolute atomic E-state index is 0.0209. The molecule has 2 fully saturated rings. The van der Waals surface area contributed by atoms with Crippen molar-refractivity contribution in [1.82, 2.24) is 4.90 Å². The summed E-state index contributed by atoms with van der Waals surface area (Å²) in [5, 5.41) is 0. The highest BCUT2D eigenvalue weighted by Crippen LogP contribution is 2.44. The van der Waals surface area contributed by atoms with Crippen molar-refractivity contribution in [2.45, 2.75) is 44.9 Å². The summed E-state index contributed by atoms with van der Waals surface area (Å²) in [6, 6.07) is 4.29. The van der Waals surface area contributed by atoms with Crippen LogP contribution in [0.25, 0.3) is 0 Å². The molecule has 0 N–H and O–H groups in total. The number of halogens is 2. The van der Waals surface area contributed by atoms with E-state index in [9.17, 15) is 9.18 Å². The molecule has 0 unspecified atom stereocenters. The zero-order valence-electron chi connectivity index (χ0n) is 12.2. The number of hydrogen-bond donors (Lipinski definition) is 0. The lowest BCUT2D eigenvalue weighted by molar-refractivity contribution is 0.0471. The summed E-state index contributed by atoms with van der Waals surface area (Å²) in [5.74, 6) is -0.300. The highest BCUT2D eigenvalue weighted by Gasteiger charge is 2.36. The summed E-state index contributed by atoms with van der Waals surface area (Å²) in [6.45, 7) is 1.67. The van der Waals surface area contributed by atoms with Gasteiger partial charge in [0.1, 0.15) is 5.82 Å². The smallest absolute Gasteiger partial charge is 0.255 e. The van der Waals surface area contributed by atoms with Gasteiger partial charge in [0.2, 0.25) is 0 Å². The fourth-order valence-corrected chi connectivity index (χ4v) is 4.34. The van der Waals surface area contributed by atoms with Gasteiger partial charge in [0, 0.05) is 17.6 Å². The van der Waals surface area contributed by atoms with Crippen molar-refractivity contribution >= 4 is 21.8 Å². The molecule has 21 heavy (non-hydrogen) atoms. The number of likely N-dealkylation sites (tertiary alicyclic amines) is 1. The molecule has 0 atom stereocenters. The summed E-state index contributed by atoms with van der Waals surface area (Å²) in [6.07, 6.45) is 8.96. The third kappa shape index (κ3) is 3.15. The van der Waals surface area contributed by atoms with Crippen LogP contribution < -0.4 is 0 Å². The van der Waals surface area contributed by atoms with Crippen molar-refractivity contribution in [3.63, 3.8) is 0 Å². The van der Waals surface area contributed by atoms with E-state index >= 15 is 0 Å². The van der Waals surface area contributed by atoms with Gasteiger partial charge in [-0.25, -0.2) is 4.39 Å². The number of amides is 1. The molecule has 2 aliphatic rings. The van der Waals surface area contributed by atoms with Crippen molar-refractivity contribution < 1.29 is 9.18 Å². The van der Waals surface area contributed by atoms with Crippen LogP contribution in [0.4, 0.5) is 4.39 Å². The van der Waals surface area contributed by atoms with Crippen LogP contribution in [0, 0.1) is 11.2 Å². The van der Waals surface area contributed by atoms with Gasteiger partial charge >= 0.3 is 0 Å². The summed E-state index contributed by atoms with van der Waals surface area (Å²) in [7, 11) is 0. The van der Waals surface area contributed by atoms with Crippen LogP contribution in [-0.4, -0.2) is 23.9 Å². The molecule has 1 aromatic rings. The van der Waals surface area contributed by atoms with Crippen LogP contribution in [0.2, 0.25) is 0 Å². The predicted molar refractivity (Wildman–Crippen MR) is 84.8 cm³/mol. The lowest BCUT2D eigenvalue weighted by atomic mass is 9.68. The molecule has 0 radical (unpaired) electrons. The number of carbonyl (C=O) groups excluding carboxylic acids is 1. The van der Waals surface area contributed by atoms with Crippen LogP contribution in [0.5, 0.6) is 0 Å². The minimum atomic E-state index is -0.321. The molecule has 1 spiro atoms. The van der Waals surface area contributed by atoms with Crippen LogP contribution in [0.1, 0.15) is 55.3 Å². The van der Waals surface area contributed by atoms with Gasteiger partial charge in [0.15, 0.2) is 0 Å². The van der Waals surface area contributed by atoms with Crippen molar-refractivity contribution in [3.05, 3.63) is 34.1 Å². The first-order valence-corrected chi connectivity index (χ1v) is 8.63. The molecule has 3 rings (SSSR count). The monoisotopic (exact) mass is 353 g/mol. The van der Waals surface area contributed by atoms with E-state index in [1.54, 1.807) is 6.07 Å². The van der Waals surface area contributed by atoms with E-state index in [0.717, 1.165) is 25.9 Å². The third-order valence-electron chi connectivity index (χ3n) is 5.19. The Bertz CT molecular complexity index is 530. The fraction of sp³-hybridized carbons (Fsp3) is 0.588. The topological polar surface area (TPSA) is 20.3 Å². The number of nitrogens with zero attached hydrogens (tertiary/aromatic N) is 1. The van der Waals surface area contributed by atoms with Crippen molar-refractivity contribution in [3.8, 4) is 0 Å². The molecule has 0 bridgehead atoms. The number of carbonyl (C=O) groups is 1. The Hall–Kier alpha value is -0.900. The standard InChI is InChI=1S/C17H21BrFNO/c18-15-12-13(19)4-5-14(15)16(21)20-10-8-17(9-11-20)6-2-1-3-7-17/h4-5,12H,1-3,6-11H2. The van der Waals surface area contributed by atoms with E-state index < -0.39 is 0 Å². The number of rotatable bonds is 1. The number of benzene rings is 1. The molecular formula is C17H21BrFNO. The second kappa shape index (κ2) is 6.07. The molecule has 1 saturated carbocycles. The predicted octanol–water partition coefficient (Wildman–Crippen LogP) is 4.77. The first kappa shape index (κ1) is 15.0. The highest BCUT2D eigenvalue weighted by atomic mass is 79.9. The summed E-state index contributed by atoms with van der Waals surface area (Å²) in [5.41, 5.74) is 1.06. The van der Waals surface area contributed by atoms with E-state index in [0.29, 0.717) is 15.5 Å². The van der Waals surface area contributed by atoms with Crippen LogP contribution >= 0.6 is 15.9 Å². The second-order valence-corrected chi connectivity index (χ2v) is 7.33. The van der Waals surface area contributed by atoms with Gasteiger partial charge in [-0.05, 0) is 65.2 Å². The van der Waals surface area contributed by atoms with E-state index in [-0.39, 0.29) is 11.7 Å². The summed E-state index contributed by atoms with van der Waals surface area (Å²) in [4.78, 5) is 14.5. The molecule has 1 amide bonds. The maximum atomic E-state index is 13.1. The molecule has 114 valence electrons. The summed E-state index contributed by atoms with van der Waals surface area (Å²) < 4.78 is 13.7. The van der Waals surface area contributed by atoms with Gasteiger partial charge in [-0.2, -0.15) is 0 Å². The molecule has 4 heteroatoms. The van der Waals surface area contributed by atoms with Crippen LogP contribution in [0.3, 0.4) is 0 Å². The van der Waals surface area contributed by atoms with E-state index in [1.165, 1.54) is 44.2 Å². The van der Waals surface area contributed by atoms with Gasteiger partial charge < -0.3 is 4.90 Å². The lowest BCUT2D eigenvalue weighted by Crippen LogP contribution is -2.44. The molecular weight excluding hydrogens is 333 g/mol. The maximum Gasteiger partial charge on any atom is 0.255 e. The lowest BCUT2D eigenvalue weighted by Gasteiger charge is -2.44. The summed E-state index contributed by atoms with van der Waals surface area (Å²) >= 11 is 3.30. The Morgan fingerprint density at radius 2 is 1.76 bits per heavy atom. The van der Waals surface area contributed by atoms with Gasteiger partial charge in [-0.3, -0.25) is 4.79 Å². The largest absolute Gasteiger partial charge is 0.339 e. The Morgan fingerprint density at radius 3 is 2.38 bits per heavy atom. The first-order chi connectivity index (χ1) is 10.1. The average Bonchev–Trinajstić information content (AvgIpc) is 2.48. The van der Waals surface area contributed by atoms with Gasteiger partial charge in [-0.15, -0.1) is 0 Å². The number of hydrogen-bond acceptors (Lipinski definition) is 1. The van der Waals surface area contributed by atoms with Crippen molar-refractivity contribution in [2.75, 3.05) is 13.1 Å². The van der Waals surface area contributed by atoms with Crippen molar-refractivity contribution in [2.24, 2.45) is 5.41 Å². The molecule has 1 aromatic carbocycles. The van der Waals surface area contributed by atoms with Gasteiger partial charge in [0.25, 0.3) is 5.91 Å². The normalized spacial score (nSPS) is 21.5. The molecule has 1 saturated heterocycles. The molecule has 1 aliphatic carbocycles. The molecule has 0 aromatic heterocycles. The fourth-order valence-electron chi connectivity index (χ4n) is 3.82. The van der Waals surface area contributed by atoms with Crippen LogP contribution in [-0.2, 0) is 0 Å². The maximum absolute atomic E-state index is 13.1. The molecule has 1 heterocycles. The van der Waals surface area contributed by atoms with E-state index in [2.05, 4.69) is 15.9 Å². The zero-order chi connectivity index (χ0) is 14.9. The molecule has 2 nitrogen and oxygen atoms in total. The third-order valence-corrected chi connectivity index (χ3v) is 5.84.